The van der Waals surface area contributed by atoms with Gasteiger partial charge in [0.15, 0.2) is 5.13 Å². The van der Waals surface area contributed by atoms with E-state index < -0.39 is 0 Å². The van der Waals surface area contributed by atoms with Gasteiger partial charge in [0.25, 0.3) is 5.91 Å². The lowest BCUT2D eigenvalue weighted by Crippen LogP contribution is -2.11. The third-order valence-corrected chi connectivity index (χ3v) is 4.79. The smallest absolute Gasteiger partial charge is 0.259 e. The van der Waals surface area contributed by atoms with E-state index in [0.29, 0.717) is 17.3 Å². The Morgan fingerprint density at radius 2 is 2.00 bits per heavy atom. The Morgan fingerprint density at radius 3 is 2.65 bits per heavy atom. The van der Waals surface area contributed by atoms with E-state index in [2.05, 4.69) is 22.2 Å². The highest BCUT2D eigenvalue weighted by atomic mass is 32.1. The van der Waals surface area contributed by atoms with Crippen LogP contribution in [0.5, 0.6) is 5.75 Å². The van der Waals surface area contributed by atoms with Crippen molar-refractivity contribution in [3.63, 3.8) is 0 Å². The lowest BCUT2D eigenvalue weighted by Gasteiger charge is -2.05. The third kappa shape index (κ3) is 4.26. The summed E-state index contributed by atoms with van der Waals surface area (Å²) in [6.45, 7) is 4.74. The molecule has 1 aromatic carbocycles. The average Bonchev–Trinajstić information content (AvgIpc) is 3.06. The van der Waals surface area contributed by atoms with Crippen LogP contribution in [0.2, 0.25) is 0 Å². The summed E-state index contributed by atoms with van der Waals surface area (Å²) in [4.78, 5) is 22.2. The zero-order chi connectivity index (χ0) is 18.4. The Bertz CT molecular complexity index is 861. The second-order valence-corrected chi connectivity index (χ2v) is 6.78. The number of hydrogen-bond donors (Lipinski definition) is 1. The Morgan fingerprint density at radius 1 is 1.19 bits per heavy atom. The van der Waals surface area contributed by atoms with Gasteiger partial charge in [0, 0.05) is 22.8 Å². The third-order valence-electron chi connectivity index (χ3n) is 3.76. The molecule has 1 amide bonds. The van der Waals surface area contributed by atoms with Crippen LogP contribution in [0, 0.1) is 0 Å². The van der Waals surface area contributed by atoms with Gasteiger partial charge >= 0.3 is 0 Å². The molecule has 134 valence electrons. The zero-order valence-electron chi connectivity index (χ0n) is 14.9. The van der Waals surface area contributed by atoms with Crippen molar-refractivity contribution in [3.8, 4) is 17.0 Å². The largest absolute Gasteiger partial charge is 0.494 e. The van der Waals surface area contributed by atoms with Crippen LogP contribution in [0.25, 0.3) is 11.3 Å². The van der Waals surface area contributed by atoms with E-state index in [-0.39, 0.29) is 5.91 Å². The summed E-state index contributed by atoms with van der Waals surface area (Å²) in [6.07, 6.45) is 5.12. The molecule has 0 saturated carbocycles. The van der Waals surface area contributed by atoms with E-state index in [4.69, 9.17) is 4.74 Å². The molecule has 0 bridgehead atoms. The fourth-order valence-electron chi connectivity index (χ4n) is 2.57. The molecule has 0 radical (unpaired) electrons. The topological polar surface area (TPSA) is 64.1 Å². The molecule has 26 heavy (non-hydrogen) atoms. The molecule has 0 unspecified atom stereocenters. The maximum Gasteiger partial charge on any atom is 0.259 e. The van der Waals surface area contributed by atoms with Gasteiger partial charge in [0.2, 0.25) is 0 Å². The first-order chi connectivity index (χ1) is 12.7. The van der Waals surface area contributed by atoms with Crippen molar-refractivity contribution in [3.05, 3.63) is 59.2 Å². The van der Waals surface area contributed by atoms with Gasteiger partial charge in [-0.05, 0) is 49.7 Å². The van der Waals surface area contributed by atoms with E-state index in [1.165, 1.54) is 11.3 Å². The summed E-state index contributed by atoms with van der Waals surface area (Å²) >= 11 is 1.52. The van der Waals surface area contributed by atoms with Crippen LogP contribution in [0.3, 0.4) is 0 Å². The number of aryl methyl sites for hydroxylation is 1. The summed E-state index contributed by atoms with van der Waals surface area (Å²) < 4.78 is 5.50. The number of carbonyl (C=O) groups is 1. The number of nitrogens with one attached hydrogen (secondary N) is 1. The molecule has 0 fully saturated rings. The lowest BCUT2D eigenvalue weighted by atomic mass is 10.1. The van der Waals surface area contributed by atoms with E-state index >= 15 is 0 Å². The van der Waals surface area contributed by atoms with Gasteiger partial charge in [0.05, 0.1) is 17.9 Å². The number of thiazole rings is 1. The molecule has 0 saturated heterocycles. The van der Waals surface area contributed by atoms with Gasteiger partial charge in [-0.3, -0.25) is 15.1 Å². The minimum absolute atomic E-state index is 0.201. The van der Waals surface area contributed by atoms with Crippen molar-refractivity contribution in [1.82, 2.24) is 9.97 Å². The SMILES string of the molecule is CCCc1sc(NC(=O)c2cccnc2)nc1-c1ccc(OCC)cc1. The van der Waals surface area contributed by atoms with Gasteiger partial charge in [0.1, 0.15) is 5.75 Å². The zero-order valence-corrected chi connectivity index (χ0v) is 15.7. The van der Waals surface area contributed by atoms with E-state index in [9.17, 15) is 4.79 Å². The van der Waals surface area contributed by atoms with Gasteiger partial charge in [-0.15, -0.1) is 11.3 Å². The molecular formula is C20H21N3O2S. The monoisotopic (exact) mass is 367 g/mol. The number of aromatic nitrogens is 2. The average molecular weight is 367 g/mol. The van der Waals surface area contributed by atoms with Gasteiger partial charge in [-0.25, -0.2) is 4.98 Å². The standard InChI is InChI=1S/C20H21N3O2S/c1-3-6-17-18(14-8-10-16(11-9-14)25-4-2)22-20(26-17)23-19(24)15-7-5-12-21-13-15/h5,7-13H,3-4,6H2,1-2H3,(H,22,23,24). The first-order valence-electron chi connectivity index (χ1n) is 8.65. The number of ether oxygens (including phenoxy) is 1. The number of pyridine rings is 1. The summed E-state index contributed by atoms with van der Waals surface area (Å²) in [5.41, 5.74) is 2.46. The second kappa shape index (κ2) is 8.58. The Kier molecular flexibility index (Phi) is 5.96. The van der Waals surface area contributed by atoms with Crippen LogP contribution in [0.1, 0.15) is 35.5 Å². The Hall–Kier alpha value is -2.73. The molecule has 0 spiro atoms. The van der Waals surface area contributed by atoms with Crippen LogP contribution in [-0.4, -0.2) is 22.5 Å². The highest BCUT2D eigenvalue weighted by molar-refractivity contribution is 7.16. The molecule has 6 heteroatoms. The fourth-order valence-corrected chi connectivity index (χ4v) is 3.65. The molecule has 3 aromatic rings. The van der Waals surface area contributed by atoms with Crippen molar-refractivity contribution < 1.29 is 9.53 Å². The lowest BCUT2D eigenvalue weighted by molar-refractivity contribution is 0.102. The molecule has 0 aliphatic heterocycles. The van der Waals surface area contributed by atoms with Crippen molar-refractivity contribution >= 4 is 22.4 Å². The van der Waals surface area contributed by atoms with E-state index in [1.807, 2.05) is 31.2 Å². The highest BCUT2D eigenvalue weighted by Gasteiger charge is 2.15. The number of benzene rings is 1. The molecule has 2 heterocycles. The molecule has 2 aromatic heterocycles. The van der Waals surface area contributed by atoms with Crippen molar-refractivity contribution in [2.75, 3.05) is 11.9 Å². The minimum atomic E-state index is -0.201. The molecule has 0 atom stereocenters. The number of hydrogen-bond acceptors (Lipinski definition) is 5. The predicted molar refractivity (Wildman–Crippen MR) is 105 cm³/mol. The molecule has 1 N–H and O–H groups in total. The highest BCUT2D eigenvalue weighted by Crippen LogP contribution is 2.33. The van der Waals surface area contributed by atoms with Crippen LogP contribution in [-0.2, 0) is 6.42 Å². The van der Waals surface area contributed by atoms with Crippen molar-refractivity contribution in [2.45, 2.75) is 26.7 Å². The summed E-state index contributed by atoms with van der Waals surface area (Å²) in [5, 5.41) is 3.49. The first-order valence-corrected chi connectivity index (χ1v) is 9.47. The Balaban J connectivity index is 1.85. The second-order valence-electron chi connectivity index (χ2n) is 5.69. The molecular weight excluding hydrogens is 346 g/mol. The van der Waals surface area contributed by atoms with E-state index in [0.717, 1.165) is 34.7 Å². The summed E-state index contributed by atoms with van der Waals surface area (Å²) in [5.74, 6) is 0.641. The molecule has 0 aliphatic rings. The van der Waals surface area contributed by atoms with Crippen LogP contribution >= 0.6 is 11.3 Å². The minimum Gasteiger partial charge on any atom is -0.494 e. The molecule has 0 aliphatic carbocycles. The van der Waals surface area contributed by atoms with Crippen molar-refractivity contribution in [1.29, 1.82) is 0 Å². The van der Waals surface area contributed by atoms with Gasteiger partial charge in [-0.2, -0.15) is 0 Å². The maximum atomic E-state index is 12.3. The number of carbonyl (C=O) groups excluding carboxylic acids is 1. The fraction of sp³-hybridized carbons (Fsp3) is 0.250. The molecule has 3 rings (SSSR count). The van der Waals surface area contributed by atoms with Gasteiger partial charge in [-0.1, -0.05) is 13.3 Å². The normalized spacial score (nSPS) is 10.5. The predicted octanol–water partition coefficient (Wildman–Crippen LogP) is 4.81. The quantitative estimate of drug-likeness (QED) is 0.651. The number of nitrogens with zero attached hydrogens (tertiary/aromatic N) is 2. The van der Waals surface area contributed by atoms with Crippen LogP contribution in [0.15, 0.2) is 48.8 Å². The number of amides is 1. The van der Waals surface area contributed by atoms with Crippen LogP contribution in [0.4, 0.5) is 5.13 Å². The van der Waals surface area contributed by atoms with Crippen LogP contribution < -0.4 is 10.1 Å². The Labute approximate surface area is 157 Å². The number of anilines is 1. The first kappa shape index (κ1) is 18.1. The van der Waals surface area contributed by atoms with E-state index in [1.54, 1.807) is 24.5 Å². The molecule has 5 nitrogen and oxygen atoms in total. The maximum absolute atomic E-state index is 12.3. The summed E-state index contributed by atoms with van der Waals surface area (Å²) in [6, 6.07) is 11.4. The number of rotatable bonds is 7. The van der Waals surface area contributed by atoms with Crippen molar-refractivity contribution in [2.24, 2.45) is 0 Å². The van der Waals surface area contributed by atoms with Gasteiger partial charge < -0.3 is 4.74 Å². The summed E-state index contributed by atoms with van der Waals surface area (Å²) in [7, 11) is 0.